The average Bonchev–Trinajstić information content (AvgIpc) is 2.79. The predicted molar refractivity (Wildman–Crippen MR) is 125 cm³/mol. The van der Waals surface area contributed by atoms with Gasteiger partial charge in [-0.05, 0) is 62.1 Å². The summed E-state index contributed by atoms with van der Waals surface area (Å²) in [4.78, 5) is 24.2. The van der Waals surface area contributed by atoms with Crippen LogP contribution in [0.2, 0.25) is 0 Å². The third kappa shape index (κ3) is 6.20. The number of aromatic nitrogens is 2. The standard InChI is InChI=1S/C26H30FN3O2/c1-3-4-11-22-23(12-6-5-7-15-31)29-25-17-20(13-14-24(25)28-22)26(32)30(2)18-19-9-8-10-21(27)16-19/h3-4,8-10,13-14,16-17,31H,5-7,11-12,15,18H2,1-2H3/b4-3-. The molecule has 0 aliphatic heterocycles. The van der Waals surface area contributed by atoms with Gasteiger partial charge in [0, 0.05) is 32.2 Å². The summed E-state index contributed by atoms with van der Waals surface area (Å²) < 4.78 is 13.5. The summed E-state index contributed by atoms with van der Waals surface area (Å²) in [6.07, 6.45) is 8.20. The molecule has 0 saturated heterocycles. The Kier molecular flexibility index (Phi) is 8.45. The van der Waals surface area contributed by atoms with Crippen molar-refractivity contribution >= 4 is 16.9 Å². The van der Waals surface area contributed by atoms with Crippen LogP contribution in [0.5, 0.6) is 0 Å². The van der Waals surface area contributed by atoms with Gasteiger partial charge in [-0.25, -0.2) is 14.4 Å². The molecule has 0 fully saturated rings. The van der Waals surface area contributed by atoms with E-state index >= 15 is 0 Å². The van der Waals surface area contributed by atoms with E-state index in [0.29, 0.717) is 24.0 Å². The number of fused-ring (bicyclic) bond motifs is 1. The second kappa shape index (κ2) is 11.5. The van der Waals surface area contributed by atoms with E-state index in [0.717, 1.165) is 48.2 Å². The van der Waals surface area contributed by atoms with Crippen molar-refractivity contribution in [3.05, 3.63) is 82.9 Å². The molecule has 3 rings (SSSR count). The molecule has 0 spiro atoms. The molecule has 0 aliphatic rings. The maximum absolute atomic E-state index is 13.5. The molecule has 32 heavy (non-hydrogen) atoms. The van der Waals surface area contributed by atoms with Gasteiger partial charge in [0.15, 0.2) is 0 Å². The smallest absolute Gasteiger partial charge is 0.253 e. The molecule has 2 aromatic carbocycles. The van der Waals surface area contributed by atoms with Crippen LogP contribution in [0.25, 0.3) is 11.0 Å². The third-order valence-electron chi connectivity index (χ3n) is 5.34. The summed E-state index contributed by atoms with van der Waals surface area (Å²) >= 11 is 0. The van der Waals surface area contributed by atoms with Gasteiger partial charge >= 0.3 is 0 Å². The maximum atomic E-state index is 13.5. The first-order chi connectivity index (χ1) is 15.5. The first-order valence-corrected chi connectivity index (χ1v) is 11.0. The molecule has 0 radical (unpaired) electrons. The van der Waals surface area contributed by atoms with Crippen molar-refractivity contribution in [2.24, 2.45) is 0 Å². The molecule has 3 aromatic rings. The van der Waals surface area contributed by atoms with Crippen LogP contribution in [0, 0.1) is 5.82 Å². The van der Waals surface area contributed by atoms with E-state index < -0.39 is 0 Å². The van der Waals surface area contributed by atoms with Crippen molar-refractivity contribution in [2.75, 3.05) is 13.7 Å². The molecule has 168 valence electrons. The van der Waals surface area contributed by atoms with Crippen molar-refractivity contribution in [1.82, 2.24) is 14.9 Å². The molecule has 5 nitrogen and oxygen atoms in total. The number of allylic oxidation sites excluding steroid dienone is 2. The summed E-state index contributed by atoms with van der Waals surface area (Å²) in [5.74, 6) is -0.468. The van der Waals surface area contributed by atoms with Crippen molar-refractivity contribution in [3.63, 3.8) is 0 Å². The number of hydrogen-bond acceptors (Lipinski definition) is 4. The van der Waals surface area contributed by atoms with Crippen LogP contribution in [0.3, 0.4) is 0 Å². The highest BCUT2D eigenvalue weighted by atomic mass is 19.1. The van der Waals surface area contributed by atoms with Crippen LogP contribution in [-0.2, 0) is 19.4 Å². The van der Waals surface area contributed by atoms with E-state index in [-0.39, 0.29) is 18.3 Å². The van der Waals surface area contributed by atoms with Gasteiger partial charge in [0.2, 0.25) is 0 Å². The molecule has 0 aliphatic carbocycles. The number of rotatable bonds is 10. The monoisotopic (exact) mass is 435 g/mol. The maximum Gasteiger partial charge on any atom is 0.253 e. The zero-order valence-electron chi connectivity index (χ0n) is 18.7. The molecule has 0 unspecified atom stereocenters. The number of hydrogen-bond donors (Lipinski definition) is 1. The van der Waals surface area contributed by atoms with Crippen LogP contribution >= 0.6 is 0 Å². The Balaban J connectivity index is 1.84. The minimum atomic E-state index is -0.315. The summed E-state index contributed by atoms with van der Waals surface area (Å²) in [5.41, 5.74) is 4.59. The average molecular weight is 436 g/mol. The van der Waals surface area contributed by atoms with Crippen LogP contribution in [0.15, 0.2) is 54.6 Å². The van der Waals surface area contributed by atoms with E-state index in [4.69, 9.17) is 15.1 Å². The van der Waals surface area contributed by atoms with Gasteiger partial charge in [-0.15, -0.1) is 0 Å². The Labute approximate surface area is 188 Å². The zero-order chi connectivity index (χ0) is 22.9. The lowest BCUT2D eigenvalue weighted by Crippen LogP contribution is -2.26. The second-order valence-electron chi connectivity index (χ2n) is 7.92. The van der Waals surface area contributed by atoms with E-state index in [1.54, 1.807) is 36.2 Å². The minimum Gasteiger partial charge on any atom is -0.396 e. The quantitative estimate of drug-likeness (QED) is 0.365. The SMILES string of the molecule is C/C=C\Cc1nc2ccc(C(=O)N(C)Cc3cccc(F)c3)cc2nc1CCCCCO. The number of halogens is 1. The molecule has 0 bridgehead atoms. The van der Waals surface area contributed by atoms with E-state index in [1.165, 1.54) is 12.1 Å². The number of aryl methyl sites for hydroxylation is 1. The second-order valence-corrected chi connectivity index (χ2v) is 7.92. The molecule has 1 amide bonds. The number of nitrogens with zero attached hydrogens (tertiary/aromatic N) is 3. The fourth-order valence-electron chi connectivity index (χ4n) is 3.64. The lowest BCUT2D eigenvalue weighted by Gasteiger charge is -2.18. The summed E-state index contributed by atoms with van der Waals surface area (Å²) in [7, 11) is 1.70. The number of aliphatic hydroxyl groups excluding tert-OH is 1. The van der Waals surface area contributed by atoms with Gasteiger partial charge in [0.1, 0.15) is 5.82 Å². The van der Waals surface area contributed by atoms with Crippen LogP contribution in [0.1, 0.15) is 53.5 Å². The molecule has 0 saturated carbocycles. The highest BCUT2D eigenvalue weighted by Gasteiger charge is 2.15. The highest BCUT2D eigenvalue weighted by molar-refractivity contribution is 5.97. The molecule has 0 atom stereocenters. The van der Waals surface area contributed by atoms with Crippen LogP contribution in [-0.4, -0.2) is 39.5 Å². The fraction of sp³-hybridized carbons (Fsp3) is 0.346. The fourth-order valence-corrected chi connectivity index (χ4v) is 3.64. The molecule has 1 heterocycles. The topological polar surface area (TPSA) is 66.3 Å². The van der Waals surface area contributed by atoms with Gasteiger partial charge in [-0.2, -0.15) is 0 Å². The van der Waals surface area contributed by atoms with Gasteiger partial charge in [-0.1, -0.05) is 30.7 Å². The Hall–Kier alpha value is -3.12. The first-order valence-electron chi connectivity index (χ1n) is 11.0. The zero-order valence-corrected chi connectivity index (χ0v) is 18.7. The van der Waals surface area contributed by atoms with Crippen LogP contribution < -0.4 is 0 Å². The van der Waals surface area contributed by atoms with Gasteiger partial charge in [0.25, 0.3) is 5.91 Å². The van der Waals surface area contributed by atoms with E-state index in [9.17, 15) is 9.18 Å². The van der Waals surface area contributed by atoms with Gasteiger partial charge in [0.05, 0.1) is 22.4 Å². The number of carbonyl (C=O) groups is 1. The summed E-state index contributed by atoms with van der Waals surface area (Å²) in [6.45, 7) is 2.50. The third-order valence-corrected chi connectivity index (χ3v) is 5.34. The predicted octanol–water partition coefficient (Wildman–Crippen LogP) is 4.86. The van der Waals surface area contributed by atoms with Crippen molar-refractivity contribution in [3.8, 4) is 0 Å². The lowest BCUT2D eigenvalue weighted by molar-refractivity contribution is 0.0785. The molecule has 1 N–H and O–H groups in total. The minimum absolute atomic E-state index is 0.152. The van der Waals surface area contributed by atoms with Gasteiger partial charge in [-0.3, -0.25) is 4.79 Å². The van der Waals surface area contributed by atoms with Crippen molar-refractivity contribution < 1.29 is 14.3 Å². The summed E-state index contributed by atoms with van der Waals surface area (Å²) in [5, 5.41) is 9.02. The molecular formula is C26H30FN3O2. The summed E-state index contributed by atoms with van der Waals surface area (Å²) in [6, 6.07) is 11.6. The van der Waals surface area contributed by atoms with Gasteiger partial charge < -0.3 is 10.0 Å². The Morgan fingerprint density at radius 3 is 2.62 bits per heavy atom. The highest BCUT2D eigenvalue weighted by Crippen LogP contribution is 2.19. The molecular weight excluding hydrogens is 405 g/mol. The van der Waals surface area contributed by atoms with E-state index in [1.807, 2.05) is 19.1 Å². The normalized spacial score (nSPS) is 11.4. The first kappa shape index (κ1) is 23.5. The van der Waals surface area contributed by atoms with Crippen molar-refractivity contribution in [1.29, 1.82) is 0 Å². The lowest BCUT2D eigenvalue weighted by atomic mass is 10.1. The number of unbranched alkanes of at least 4 members (excludes halogenated alkanes) is 2. The Bertz CT molecular complexity index is 1100. The number of carbonyl (C=O) groups excluding carboxylic acids is 1. The Morgan fingerprint density at radius 2 is 1.88 bits per heavy atom. The largest absolute Gasteiger partial charge is 0.396 e. The van der Waals surface area contributed by atoms with E-state index in [2.05, 4.69) is 6.08 Å². The molecule has 6 heteroatoms. The van der Waals surface area contributed by atoms with Crippen molar-refractivity contribution in [2.45, 2.75) is 45.6 Å². The Morgan fingerprint density at radius 1 is 1.06 bits per heavy atom. The number of amides is 1. The van der Waals surface area contributed by atoms with Crippen LogP contribution in [0.4, 0.5) is 4.39 Å². The molecule has 1 aromatic heterocycles. The number of aliphatic hydroxyl groups is 1. The number of benzene rings is 2.